The summed E-state index contributed by atoms with van der Waals surface area (Å²) < 4.78 is 63.8. The number of nitriles is 1. The van der Waals surface area contributed by atoms with Crippen LogP contribution in [0.5, 0.6) is 0 Å². The Morgan fingerprint density at radius 3 is 2.62 bits per heavy atom. The number of hydrogen-bond donors (Lipinski definition) is 0. The smallest absolute Gasteiger partial charge is 0.420 e. The fourth-order valence-corrected chi connectivity index (χ4v) is 5.16. The maximum Gasteiger partial charge on any atom is 0.420 e. The number of oxazole rings is 1. The molecule has 3 aromatic carbocycles. The molecule has 1 aliphatic rings. The molecule has 1 fully saturated rings. The predicted octanol–water partition coefficient (Wildman–Crippen LogP) is 6.46. The highest BCUT2D eigenvalue weighted by Gasteiger charge is 2.36. The lowest BCUT2D eigenvalue weighted by Crippen LogP contribution is -2.20. The van der Waals surface area contributed by atoms with Gasteiger partial charge in [-0.2, -0.15) is 18.4 Å². The number of benzene rings is 3. The van der Waals surface area contributed by atoms with Gasteiger partial charge in [-0.05, 0) is 66.1 Å². The van der Waals surface area contributed by atoms with E-state index in [1.54, 1.807) is 41.9 Å². The Morgan fingerprint density at radius 1 is 1.07 bits per heavy atom. The molecule has 0 unspecified atom stereocenters. The van der Waals surface area contributed by atoms with Crippen LogP contribution in [0.15, 0.2) is 65.3 Å². The highest BCUT2D eigenvalue weighted by molar-refractivity contribution is 5.84. The van der Waals surface area contributed by atoms with Crippen molar-refractivity contribution in [3.8, 4) is 40.0 Å². The molecule has 1 atom stereocenters. The second-order valence-corrected chi connectivity index (χ2v) is 9.89. The fraction of sp³-hybridized carbons (Fsp3) is 0.241. The number of halogens is 4. The fourth-order valence-electron chi connectivity index (χ4n) is 5.16. The van der Waals surface area contributed by atoms with E-state index in [1.165, 1.54) is 18.5 Å². The summed E-state index contributed by atoms with van der Waals surface area (Å²) in [5.74, 6) is -0.0628. The number of rotatable bonds is 5. The van der Waals surface area contributed by atoms with Crippen molar-refractivity contribution < 1.29 is 22.0 Å². The van der Waals surface area contributed by atoms with Crippen molar-refractivity contribution >= 4 is 11.1 Å². The van der Waals surface area contributed by atoms with Gasteiger partial charge < -0.3 is 8.98 Å². The van der Waals surface area contributed by atoms with E-state index < -0.39 is 17.6 Å². The second kappa shape index (κ2) is 9.88. The van der Waals surface area contributed by atoms with E-state index in [-0.39, 0.29) is 29.5 Å². The van der Waals surface area contributed by atoms with Gasteiger partial charge in [-0.25, -0.2) is 9.37 Å². The molecule has 7 nitrogen and oxygen atoms in total. The van der Waals surface area contributed by atoms with Crippen molar-refractivity contribution in [1.29, 1.82) is 5.26 Å². The Hall–Kier alpha value is -4.56. The van der Waals surface area contributed by atoms with Gasteiger partial charge in [0, 0.05) is 31.3 Å². The van der Waals surface area contributed by atoms with Crippen LogP contribution in [0.1, 0.15) is 17.5 Å². The van der Waals surface area contributed by atoms with E-state index >= 15 is 0 Å². The van der Waals surface area contributed by atoms with Crippen LogP contribution < -0.4 is 0 Å². The van der Waals surface area contributed by atoms with Crippen LogP contribution >= 0.6 is 0 Å². The largest absolute Gasteiger partial charge is 0.435 e. The number of alkyl halides is 3. The Kier molecular flexibility index (Phi) is 6.35. The highest BCUT2D eigenvalue weighted by Crippen LogP contribution is 2.39. The van der Waals surface area contributed by atoms with Gasteiger partial charge in [0.15, 0.2) is 11.4 Å². The van der Waals surface area contributed by atoms with Crippen molar-refractivity contribution in [2.75, 3.05) is 13.1 Å². The predicted molar refractivity (Wildman–Crippen MR) is 139 cm³/mol. The minimum Gasteiger partial charge on any atom is -0.435 e. The van der Waals surface area contributed by atoms with Crippen LogP contribution in [0, 0.1) is 23.1 Å². The lowest BCUT2D eigenvalue weighted by atomic mass is 9.97. The van der Waals surface area contributed by atoms with E-state index in [0.29, 0.717) is 53.2 Å². The number of likely N-dealkylation sites (tertiary alicyclic amines) is 1. The van der Waals surface area contributed by atoms with Gasteiger partial charge in [0.1, 0.15) is 23.2 Å². The number of aromatic nitrogens is 4. The molecule has 6 rings (SSSR count). The zero-order chi connectivity index (χ0) is 28.0. The summed E-state index contributed by atoms with van der Waals surface area (Å²) >= 11 is 0. The molecule has 0 amide bonds. The first-order valence-electron chi connectivity index (χ1n) is 12.6. The molecule has 3 heterocycles. The summed E-state index contributed by atoms with van der Waals surface area (Å²) in [5.41, 5.74) is 1.64. The van der Waals surface area contributed by atoms with Crippen molar-refractivity contribution in [2.24, 2.45) is 13.0 Å². The summed E-state index contributed by atoms with van der Waals surface area (Å²) in [6, 6.07) is 16.2. The average molecular weight is 547 g/mol. The van der Waals surface area contributed by atoms with E-state index in [1.807, 2.05) is 11.0 Å². The molecule has 11 heteroatoms. The normalized spacial score (nSPS) is 16.1. The monoisotopic (exact) mass is 546 g/mol. The topological polar surface area (TPSA) is 83.8 Å². The molecule has 5 aromatic rings. The Morgan fingerprint density at radius 2 is 1.90 bits per heavy atom. The van der Waals surface area contributed by atoms with Crippen LogP contribution in [0.3, 0.4) is 0 Å². The highest BCUT2D eigenvalue weighted by atomic mass is 19.4. The van der Waals surface area contributed by atoms with E-state index in [4.69, 9.17) is 9.68 Å². The van der Waals surface area contributed by atoms with Crippen LogP contribution in [-0.2, 0) is 19.8 Å². The lowest BCUT2D eigenvalue weighted by molar-refractivity contribution is -0.136. The Labute approximate surface area is 226 Å². The standard InChI is InChI=1S/C29H22F4N6O/c1-38-16-35-37-27(38)23-12-21(30)5-6-22(23)19-3-2-4-20(11-19)28-36-25-10-18(15-39-8-7-17(13-34)14-39)9-24(26(25)40-28)29(31,32)33/h2-6,9-12,16-17H,7-8,14-15H2,1H3/t17-/m0/s1. The van der Waals surface area contributed by atoms with Crippen LogP contribution in [0.4, 0.5) is 17.6 Å². The summed E-state index contributed by atoms with van der Waals surface area (Å²) in [7, 11) is 1.75. The number of aryl methyl sites for hydroxylation is 1. The number of hydrogen-bond acceptors (Lipinski definition) is 6. The Balaban J connectivity index is 1.41. The first-order chi connectivity index (χ1) is 19.2. The lowest BCUT2D eigenvalue weighted by Gasteiger charge is -2.16. The van der Waals surface area contributed by atoms with E-state index in [0.717, 1.165) is 6.07 Å². The zero-order valence-corrected chi connectivity index (χ0v) is 21.3. The molecule has 0 radical (unpaired) electrons. The van der Waals surface area contributed by atoms with Gasteiger partial charge in [0.05, 0.1) is 12.0 Å². The quantitative estimate of drug-likeness (QED) is 0.235. The van der Waals surface area contributed by atoms with Gasteiger partial charge in [-0.1, -0.05) is 18.2 Å². The molecular formula is C29H22F4N6O. The molecule has 1 saturated heterocycles. The van der Waals surface area contributed by atoms with Crippen molar-refractivity contribution in [1.82, 2.24) is 24.6 Å². The molecule has 0 N–H and O–H groups in total. The molecule has 0 saturated carbocycles. The molecule has 40 heavy (non-hydrogen) atoms. The molecule has 1 aliphatic heterocycles. The van der Waals surface area contributed by atoms with Crippen molar-refractivity contribution in [3.63, 3.8) is 0 Å². The third-order valence-electron chi connectivity index (χ3n) is 7.07. The van der Waals surface area contributed by atoms with Crippen LogP contribution in [-0.4, -0.2) is 37.7 Å². The van der Waals surface area contributed by atoms with Gasteiger partial charge in [-0.3, -0.25) is 4.90 Å². The van der Waals surface area contributed by atoms with Gasteiger partial charge in [0.2, 0.25) is 5.89 Å². The van der Waals surface area contributed by atoms with Crippen LogP contribution in [0.2, 0.25) is 0 Å². The minimum absolute atomic E-state index is 0.0348. The molecule has 2 aromatic heterocycles. The maximum atomic E-state index is 14.2. The van der Waals surface area contributed by atoms with Crippen LogP contribution in [0.25, 0.3) is 45.1 Å². The second-order valence-electron chi connectivity index (χ2n) is 9.89. The molecule has 0 spiro atoms. The molecule has 0 aliphatic carbocycles. The summed E-state index contributed by atoms with van der Waals surface area (Å²) in [5, 5.41) is 17.1. The molecule has 0 bridgehead atoms. The maximum absolute atomic E-state index is 14.2. The zero-order valence-electron chi connectivity index (χ0n) is 21.3. The van der Waals surface area contributed by atoms with Gasteiger partial charge >= 0.3 is 6.18 Å². The average Bonchev–Trinajstić information content (AvgIpc) is 3.67. The van der Waals surface area contributed by atoms with E-state index in [2.05, 4.69) is 21.3 Å². The minimum atomic E-state index is -4.65. The number of nitrogens with zero attached hydrogens (tertiary/aromatic N) is 6. The van der Waals surface area contributed by atoms with Crippen molar-refractivity contribution in [3.05, 3.63) is 77.9 Å². The van der Waals surface area contributed by atoms with Crippen molar-refractivity contribution in [2.45, 2.75) is 19.1 Å². The first-order valence-corrected chi connectivity index (χ1v) is 12.6. The summed E-state index contributed by atoms with van der Waals surface area (Å²) in [6.45, 7) is 1.45. The summed E-state index contributed by atoms with van der Waals surface area (Å²) in [6.07, 6.45) is -2.44. The van der Waals surface area contributed by atoms with E-state index in [9.17, 15) is 17.6 Å². The molecular weight excluding hydrogens is 524 g/mol. The molecule has 202 valence electrons. The third kappa shape index (κ3) is 4.82. The van der Waals surface area contributed by atoms with Gasteiger partial charge in [0.25, 0.3) is 0 Å². The Bertz CT molecular complexity index is 1770. The van der Waals surface area contributed by atoms with Gasteiger partial charge in [-0.15, -0.1) is 10.2 Å². The third-order valence-corrected chi connectivity index (χ3v) is 7.07. The SMILES string of the molecule is Cn1cnnc1-c1cc(F)ccc1-c1cccc(-c2nc3cc(CN4CC[C@@H](C#N)C4)cc(C(F)(F)F)c3o2)c1. The number of fused-ring (bicyclic) bond motifs is 1. The summed E-state index contributed by atoms with van der Waals surface area (Å²) in [4.78, 5) is 6.40. The first kappa shape index (κ1) is 25.7.